The lowest BCUT2D eigenvalue weighted by Gasteiger charge is -2.32. The number of aliphatic hydroxyl groups is 1. The van der Waals surface area contributed by atoms with Gasteiger partial charge >= 0.3 is 0 Å². The lowest BCUT2D eigenvalue weighted by Crippen LogP contribution is -2.46. The first-order valence-electron chi connectivity index (χ1n) is 17.1. The van der Waals surface area contributed by atoms with Gasteiger partial charge in [0.1, 0.15) is 0 Å². The molecule has 1 fully saturated rings. The highest BCUT2D eigenvalue weighted by atomic mass is 28.4. The number of aromatic amines is 1. The van der Waals surface area contributed by atoms with Gasteiger partial charge in [0.2, 0.25) is 5.91 Å². The Morgan fingerprint density at radius 3 is 2.26 bits per heavy atom. The Labute approximate surface area is 291 Å². The number of aliphatic hydroxyl groups excluding tert-OH is 1. The summed E-state index contributed by atoms with van der Waals surface area (Å²) in [5.74, 6) is -1.00. The van der Waals surface area contributed by atoms with Crippen LogP contribution in [0.1, 0.15) is 30.0 Å². The van der Waals surface area contributed by atoms with E-state index < -0.39 is 31.5 Å². The van der Waals surface area contributed by atoms with Gasteiger partial charge in [-0.25, -0.2) is 4.68 Å². The minimum atomic E-state index is -3.07. The zero-order valence-electron chi connectivity index (χ0n) is 28.5. The van der Waals surface area contributed by atoms with E-state index >= 15 is 0 Å². The van der Waals surface area contributed by atoms with E-state index in [9.17, 15) is 24.3 Å². The number of ether oxygens (including phenoxy) is 1. The van der Waals surface area contributed by atoms with Gasteiger partial charge in [0.05, 0.1) is 48.0 Å². The number of carbonyl (C=O) groups is 2. The Hall–Kier alpha value is -4.81. The molecule has 0 unspecified atom stereocenters. The zero-order valence-corrected chi connectivity index (χ0v) is 29.5. The number of hydrogen-bond acceptors (Lipinski definition) is 6. The Kier molecular flexibility index (Phi) is 8.85. The van der Waals surface area contributed by atoms with Crippen molar-refractivity contribution in [2.24, 2.45) is 5.92 Å². The SMILES string of the molecule is C[C@H]1[C@H]([Si](C)(C)O)[C@@H](CC(=O)N(CCO)Cc2ccccc2)O[C@]12C(=O)N(Cc1ccccc1)c1ccc(-n3[nH]c4ccccc4c3=O)cc12. The van der Waals surface area contributed by atoms with Gasteiger partial charge in [-0.1, -0.05) is 79.7 Å². The van der Waals surface area contributed by atoms with Gasteiger partial charge in [-0.05, 0) is 54.6 Å². The van der Waals surface area contributed by atoms with Crippen LogP contribution in [0.4, 0.5) is 5.69 Å². The standard InChI is InChI=1S/C39H42N4O6Si/c1-26-36(50(2,3)48)34(23-35(45)41(20-21-44)24-27-12-6-4-7-13-27)49-39(26)31-22-29(43-37(46)30-16-10-11-17-32(30)40-43)18-19-33(31)42(38(39)47)25-28-14-8-5-9-15-28/h4-19,22,26,34,36,40,44,48H,20-21,23-25H2,1-3H3/t26-,34+,36-,39+/m0/s1. The maximum atomic E-state index is 15.0. The molecular weight excluding hydrogens is 649 g/mol. The van der Waals surface area contributed by atoms with Crippen molar-refractivity contribution >= 4 is 36.7 Å². The van der Waals surface area contributed by atoms with Gasteiger partial charge in [-0.3, -0.25) is 19.5 Å². The van der Waals surface area contributed by atoms with Crippen molar-refractivity contribution in [2.75, 3.05) is 18.1 Å². The van der Waals surface area contributed by atoms with Crippen molar-refractivity contribution in [2.45, 2.75) is 56.8 Å². The summed E-state index contributed by atoms with van der Waals surface area (Å²) in [5.41, 5.74) is 2.15. The molecule has 2 aliphatic heterocycles. The molecule has 4 atom stereocenters. The molecule has 2 amide bonds. The molecule has 0 saturated carbocycles. The maximum absolute atomic E-state index is 15.0. The first kappa shape index (κ1) is 33.7. The fourth-order valence-corrected chi connectivity index (χ4v) is 10.6. The number of nitrogens with one attached hydrogen (secondary N) is 1. The second-order valence-corrected chi connectivity index (χ2v) is 17.9. The third kappa shape index (κ3) is 5.79. The monoisotopic (exact) mass is 690 g/mol. The number of nitrogens with zero attached hydrogens (tertiary/aromatic N) is 3. The average Bonchev–Trinajstić information content (AvgIpc) is 3.68. The summed E-state index contributed by atoms with van der Waals surface area (Å²) >= 11 is 0. The smallest absolute Gasteiger partial charge is 0.279 e. The molecule has 11 heteroatoms. The topological polar surface area (TPSA) is 128 Å². The summed E-state index contributed by atoms with van der Waals surface area (Å²) in [6, 6.07) is 32.1. The number of amides is 2. The van der Waals surface area contributed by atoms with Crippen molar-refractivity contribution in [1.29, 1.82) is 0 Å². The Balaban J connectivity index is 1.32. The molecule has 1 spiro atoms. The first-order chi connectivity index (χ1) is 24.0. The lowest BCUT2D eigenvalue weighted by molar-refractivity contribution is -0.150. The summed E-state index contributed by atoms with van der Waals surface area (Å²) < 4.78 is 8.45. The predicted molar refractivity (Wildman–Crippen MR) is 194 cm³/mol. The highest BCUT2D eigenvalue weighted by Gasteiger charge is 2.66. The first-order valence-corrected chi connectivity index (χ1v) is 20.1. The number of aromatic nitrogens is 2. The molecule has 3 N–H and O–H groups in total. The van der Waals surface area contributed by atoms with Crippen LogP contribution in [0.3, 0.4) is 0 Å². The van der Waals surface area contributed by atoms with Crippen LogP contribution in [0.15, 0.2) is 108 Å². The minimum Gasteiger partial charge on any atom is -0.432 e. The van der Waals surface area contributed by atoms with E-state index in [1.807, 2.05) is 117 Å². The molecule has 5 aromatic rings. The van der Waals surface area contributed by atoms with Crippen LogP contribution in [0, 0.1) is 5.92 Å². The number of H-pyrrole nitrogens is 1. The highest BCUT2D eigenvalue weighted by Crippen LogP contribution is 2.60. The van der Waals surface area contributed by atoms with Gasteiger partial charge in [0.25, 0.3) is 11.5 Å². The molecule has 258 valence electrons. The van der Waals surface area contributed by atoms with Crippen molar-refractivity contribution in [3.63, 3.8) is 0 Å². The molecule has 4 aromatic carbocycles. The molecule has 0 radical (unpaired) electrons. The van der Waals surface area contributed by atoms with Gasteiger partial charge < -0.3 is 24.4 Å². The van der Waals surface area contributed by atoms with E-state index in [0.29, 0.717) is 40.9 Å². The van der Waals surface area contributed by atoms with Crippen LogP contribution in [0.25, 0.3) is 16.6 Å². The molecule has 10 nitrogen and oxygen atoms in total. The molecule has 0 aliphatic carbocycles. The molecule has 2 aliphatic rings. The van der Waals surface area contributed by atoms with Crippen LogP contribution in [0.2, 0.25) is 18.6 Å². The van der Waals surface area contributed by atoms with E-state index in [0.717, 1.165) is 11.1 Å². The van der Waals surface area contributed by atoms with Gasteiger partial charge in [0.15, 0.2) is 13.9 Å². The number of anilines is 1. The fourth-order valence-electron chi connectivity index (χ4n) is 8.09. The van der Waals surface area contributed by atoms with Gasteiger partial charge in [0, 0.05) is 30.1 Å². The second-order valence-electron chi connectivity index (χ2n) is 14.0. The van der Waals surface area contributed by atoms with E-state index in [-0.39, 0.29) is 36.9 Å². The summed E-state index contributed by atoms with van der Waals surface area (Å²) in [6.07, 6.45) is -0.836. The summed E-state index contributed by atoms with van der Waals surface area (Å²) in [4.78, 5) is 57.6. The summed E-state index contributed by atoms with van der Waals surface area (Å²) in [7, 11) is -3.07. The molecule has 1 aromatic heterocycles. The van der Waals surface area contributed by atoms with Gasteiger partial charge in [-0.15, -0.1) is 0 Å². The molecule has 1 saturated heterocycles. The highest BCUT2D eigenvalue weighted by molar-refractivity contribution is 6.71. The zero-order chi connectivity index (χ0) is 35.2. The van der Waals surface area contributed by atoms with Crippen LogP contribution in [0.5, 0.6) is 0 Å². The van der Waals surface area contributed by atoms with Crippen molar-refractivity contribution in [3.05, 3.63) is 130 Å². The lowest BCUT2D eigenvalue weighted by atomic mass is 9.82. The minimum absolute atomic E-state index is 0.0664. The van der Waals surface area contributed by atoms with E-state index in [2.05, 4.69) is 5.10 Å². The van der Waals surface area contributed by atoms with E-state index in [1.54, 1.807) is 15.9 Å². The van der Waals surface area contributed by atoms with Crippen LogP contribution < -0.4 is 10.5 Å². The van der Waals surface area contributed by atoms with Crippen molar-refractivity contribution in [1.82, 2.24) is 14.7 Å². The normalized spacial score (nSPS) is 21.7. The quantitative estimate of drug-likeness (QED) is 0.176. The average molecular weight is 691 g/mol. The third-order valence-electron chi connectivity index (χ3n) is 10.3. The number of para-hydroxylation sites is 1. The number of fused-ring (bicyclic) bond motifs is 3. The van der Waals surface area contributed by atoms with Crippen molar-refractivity contribution in [3.8, 4) is 5.69 Å². The van der Waals surface area contributed by atoms with Crippen LogP contribution >= 0.6 is 0 Å². The third-order valence-corrected chi connectivity index (χ3v) is 12.8. The van der Waals surface area contributed by atoms with Gasteiger partial charge in [-0.2, -0.15) is 0 Å². The number of carbonyl (C=O) groups excluding carboxylic acids is 2. The molecule has 7 rings (SSSR count). The fraction of sp³-hybridized carbons (Fsp3) is 0.308. The summed E-state index contributed by atoms with van der Waals surface area (Å²) in [6.45, 7) is 6.13. The van der Waals surface area contributed by atoms with E-state index in [1.165, 1.54) is 4.68 Å². The predicted octanol–water partition coefficient (Wildman–Crippen LogP) is 5.07. The van der Waals surface area contributed by atoms with Crippen LogP contribution in [-0.4, -0.2) is 64.0 Å². The number of rotatable bonds is 10. The van der Waals surface area contributed by atoms with Crippen LogP contribution in [-0.2, 0) is 33.0 Å². The summed E-state index contributed by atoms with van der Waals surface area (Å²) in [5, 5.41) is 13.6. The van der Waals surface area contributed by atoms with Crippen molar-refractivity contribution < 1.29 is 24.2 Å². The molecule has 0 bridgehead atoms. The number of benzene rings is 4. The number of hydrogen-bond donors (Lipinski definition) is 3. The molecular formula is C39H42N4O6Si. The second kappa shape index (κ2) is 13.1. The Bertz CT molecular complexity index is 2090. The largest absolute Gasteiger partial charge is 0.432 e. The van der Waals surface area contributed by atoms with E-state index in [4.69, 9.17) is 4.74 Å². The molecule has 50 heavy (non-hydrogen) atoms. The Morgan fingerprint density at radius 1 is 0.940 bits per heavy atom. The maximum Gasteiger partial charge on any atom is 0.279 e. The molecule has 3 heterocycles. The Morgan fingerprint density at radius 2 is 1.60 bits per heavy atom.